The Bertz CT molecular complexity index is 890. The van der Waals surface area contributed by atoms with Gasteiger partial charge in [0.25, 0.3) is 5.91 Å². The molecule has 8 nitrogen and oxygen atoms in total. The van der Waals surface area contributed by atoms with Gasteiger partial charge in [-0.15, -0.1) is 10.2 Å². The number of nitrogens with one attached hydrogen (secondary N) is 2. The van der Waals surface area contributed by atoms with E-state index in [2.05, 4.69) is 25.9 Å². The van der Waals surface area contributed by atoms with Crippen LogP contribution in [0.2, 0.25) is 0 Å². The number of amides is 1. The molecule has 1 amide bonds. The maximum absolute atomic E-state index is 12.5. The van der Waals surface area contributed by atoms with E-state index in [4.69, 9.17) is 9.47 Å². The molecule has 1 atom stereocenters. The normalized spacial score (nSPS) is 16.2. The predicted octanol–water partition coefficient (Wildman–Crippen LogP) is 2.68. The van der Waals surface area contributed by atoms with Crippen LogP contribution in [0.25, 0.3) is 11.4 Å². The van der Waals surface area contributed by atoms with Gasteiger partial charge in [0, 0.05) is 29.5 Å². The fourth-order valence-corrected chi connectivity index (χ4v) is 2.89. The third kappa shape index (κ3) is 4.29. The van der Waals surface area contributed by atoms with Crippen LogP contribution < -0.4 is 10.1 Å². The van der Waals surface area contributed by atoms with E-state index in [0.717, 1.165) is 25.0 Å². The number of aromatic nitrogens is 4. The maximum atomic E-state index is 12.5. The molecule has 8 heteroatoms. The summed E-state index contributed by atoms with van der Waals surface area (Å²) in [4.78, 5) is 12.5. The quantitative estimate of drug-likeness (QED) is 0.696. The molecule has 3 aromatic rings. The molecule has 0 aliphatic carbocycles. The van der Waals surface area contributed by atoms with E-state index >= 15 is 0 Å². The van der Waals surface area contributed by atoms with E-state index in [0.29, 0.717) is 29.4 Å². The van der Waals surface area contributed by atoms with Crippen LogP contribution in [0, 0.1) is 0 Å². The molecule has 4 rings (SSSR count). The number of aromatic amines is 1. The number of hydrogen-bond acceptors (Lipinski definition) is 6. The summed E-state index contributed by atoms with van der Waals surface area (Å²) in [6.45, 7) is 1.32. The predicted molar refractivity (Wildman–Crippen MR) is 98.5 cm³/mol. The lowest BCUT2D eigenvalue weighted by Crippen LogP contribution is -2.16. The Kier molecular flexibility index (Phi) is 5.06. The standard InChI is InChI=1S/C19H19N5O3/c25-19(14-8-6-13(7-9-14)18-21-23-24-22-18)20-15-3-1-4-16(11-15)27-12-17-5-2-10-26-17/h1,3-4,6-9,11,17H,2,5,10,12H2,(H,20,25)(H,21,22,23,24)/t17-/m1/s1. The van der Waals surface area contributed by atoms with E-state index in [9.17, 15) is 4.79 Å². The highest BCUT2D eigenvalue weighted by Gasteiger charge is 2.16. The van der Waals surface area contributed by atoms with E-state index in [1.54, 1.807) is 30.3 Å². The summed E-state index contributed by atoms with van der Waals surface area (Å²) in [5.74, 6) is 0.986. The molecular weight excluding hydrogens is 346 g/mol. The topological polar surface area (TPSA) is 102 Å². The number of tetrazole rings is 1. The molecule has 0 saturated carbocycles. The third-order valence-electron chi connectivity index (χ3n) is 4.30. The van der Waals surface area contributed by atoms with Gasteiger partial charge in [-0.05, 0) is 42.3 Å². The first-order valence-corrected chi connectivity index (χ1v) is 8.77. The fraction of sp³-hybridized carbons (Fsp3) is 0.263. The number of anilines is 1. The first-order chi connectivity index (χ1) is 13.3. The molecule has 0 spiro atoms. The molecule has 0 radical (unpaired) electrons. The monoisotopic (exact) mass is 365 g/mol. The van der Waals surface area contributed by atoms with Gasteiger partial charge in [0.05, 0.1) is 6.10 Å². The van der Waals surface area contributed by atoms with Crippen LogP contribution in [-0.4, -0.2) is 45.8 Å². The molecule has 2 N–H and O–H groups in total. The molecule has 138 valence electrons. The molecule has 0 unspecified atom stereocenters. The van der Waals surface area contributed by atoms with Crippen molar-refractivity contribution >= 4 is 11.6 Å². The summed E-state index contributed by atoms with van der Waals surface area (Å²) >= 11 is 0. The van der Waals surface area contributed by atoms with Gasteiger partial charge < -0.3 is 14.8 Å². The number of rotatable bonds is 6. The van der Waals surface area contributed by atoms with Crippen LogP contribution in [0.4, 0.5) is 5.69 Å². The average molecular weight is 365 g/mol. The number of benzene rings is 2. The van der Waals surface area contributed by atoms with Gasteiger partial charge in [-0.3, -0.25) is 4.79 Å². The first-order valence-electron chi connectivity index (χ1n) is 8.77. The number of ether oxygens (including phenoxy) is 2. The van der Waals surface area contributed by atoms with Crippen LogP contribution in [0.1, 0.15) is 23.2 Å². The molecule has 2 aromatic carbocycles. The summed E-state index contributed by atoms with van der Waals surface area (Å²) < 4.78 is 11.3. The summed E-state index contributed by atoms with van der Waals surface area (Å²) in [5, 5.41) is 16.6. The second-order valence-electron chi connectivity index (χ2n) is 6.24. The average Bonchev–Trinajstić information content (AvgIpc) is 3.41. The zero-order valence-corrected chi connectivity index (χ0v) is 14.6. The molecule has 27 heavy (non-hydrogen) atoms. The number of carbonyl (C=O) groups excluding carboxylic acids is 1. The second-order valence-corrected chi connectivity index (χ2v) is 6.24. The number of hydrogen-bond donors (Lipinski definition) is 2. The van der Waals surface area contributed by atoms with Crippen molar-refractivity contribution in [3.63, 3.8) is 0 Å². The fourth-order valence-electron chi connectivity index (χ4n) is 2.89. The maximum Gasteiger partial charge on any atom is 0.255 e. The molecule has 0 bridgehead atoms. The van der Waals surface area contributed by atoms with E-state index < -0.39 is 0 Å². The summed E-state index contributed by atoms with van der Waals surface area (Å²) in [6, 6.07) is 14.3. The van der Waals surface area contributed by atoms with Crippen LogP contribution in [0.3, 0.4) is 0 Å². The largest absolute Gasteiger partial charge is 0.491 e. The van der Waals surface area contributed by atoms with Crippen molar-refractivity contribution in [1.82, 2.24) is 20.6 Å². The lowest BCUT2D eigenvalue weighted by molar-refractivity contribution is 0.0680. The molecule has 1 aliphatic heterocycles. The summed E-state index contributed by atoms with van der Waals surface area (Å²) in [7, 11) is 0. The van der Waals surface area contributed by atoms with Gasteiger partial charge in [-0.2, -0.15) is 5.21 Å². The third-order valence-corrected chi connectivity index (χ3v) is 4.30. The summed E-state index contributed by atoms with van der Waals surface area (Å²) in [5.41, 5.74) is 1.99. The second kappa shape index (κ2) is 7.96. The van der Waals surface area contributed by atoms with Crippen molar-refractivity contribution in [3.05, 3.63) is 54.1 Å². The lowest BCUT2D eigenvalue weighted by atomic mass is 10.1. The highest BCUT2D eigenvalue weighted by atomic mass is 16.5. The van der Waals surface area contributed by atoms with Gasteiger partial charge in [0.2, 0.25) is 5.82 Å². The van der Waals surface area contributed by atoms with E-state index in [1.165, 1.54) is 0 Å². The number of H-pyrrole nitrogens is 1. The van der Waals surface area contributed by atoms with Crippen molar-refractivity contribution < 1.29 is 14.3 Å². The van der Waals surface area contributed by atoms with Gasteiger partial charge in [-0.25, -0.2) is 0 Å². The Labute approximate surface area is 155 Å². The Morgan fingerprint density at radius 2 is 2.15 bits per heavy atom. The van der Waals surface area contributed by atoms with Gasteiger partial charge in [0.1, 0.15) is 12.4 Å². The summed E-state index contributed by atoms with van der Waals surface area (Å²) in [6.07, 6.45) is 2.26. The van der Waals surface area contributed by atoms with E-state index in [-0.39, 0.29) is 12.0 Å². The highest BCUT2D eigenvalue weighted by molar-refractivity contribution is 6.04. The molecule has 1 fully saturated rings. The Balaban J connectivity index is 1.38. The lowest BCUT2D eigenvalue weighted by Gasteiger charge is -2.12. The molecule has 1 aromatic heterocycles. The van der Waals surface area contributed by atoms with Crippen molar-refractivity contribution in [2.24, 2.45) is 0 Å². The molecule has 1 saturated heterocycles. The van der Waals surface area contributed by atoms with Crippen LogP contribution in [0.5, 0.6) is 5.75 Å². The van der Waals surface area contributed by atoms with Crippen LogP contribution >= 0.6 is 0 Å². The van der Waals surface area contributed by atoms with Gasteiger partial charge in [-0.1, -0.05) is 18.2 Å². The van der Waals surface area contributed by atoms with Gasteiger partial charge in [0.15, 0.2) is 0 Å². The Morgan fingerprint density at radius 3 is 2.89 bits per heavy atom. The van der Waals surface area contributed by atoms with Gasteiger partial charge >= 0.3 is 0 Å². The first kappa shape index (κ1) is 17.2. The molecule has 2 heterocycles. The van der Waals surface area contributed by atoms with Crippen molar-refractivity contribution in [2.45, 2.75) is 18.9 Å². The molecular formula is C19H19N5O3. The van der Waals surface area contributed by atoms with Crippen molar-refractivity contribution in [2.75, 3.05) is 18.5 Å². The molecule has 1 aliphatic rings. The van der Waals surface area contributed by atoms with Crippen LogP contribution in [-0.2, 0) is 4.74 Å². The minimum Gasteiger partial charge on any atom is -0.491 e. The minimum absolute atomic E-state index is 0.154. The number of carbonyl (C=O) groups is 1. The van der Waals surface area contributed by atoms with Crippen molar-refractivity contribution in [1.29, 1.82) is 0 Å². The Morgan fingerprint density at radius 1 is 1.26 bits per heavy atom. The zero-order valence-electron chi connectivity index (χ0n) is 14.6. The number of nitrogens with zero attached hydrogens (tertiary/aromatic N) is 3. The zero-order chi connectivity index (χ0) is 18.5. The minimum atomic E-state index is -0.203. The Hall–Kier alpha value is -3.26. The van der Waals surface area contributed by atoms with Crippen LogP contribution in [0.15, 0.2) is 48.5 Å². The smallest absolute Gasteiger partial charge is 0.255 e. The highest BCUT2D eigenvalue weighted by Crippen LogP contribution is 2.21. The van der Waals surface area contributed by atoms with E-state index in [1.807, 2.05) is 18.2 Å². The van der Waals surface area contributed by atoms with Crippen molar-refractivity contribution in [3.8, 4) is 17.1 Å². The SMILES string of the molecule is O=C(Nc1cccc(OC[C@H]2CCCO2)c1)c1ccc(-c2nn[nH]n2)cc1.